The SMILES string of the molecule is Cc1cc(C2(c3cc(C)c(OCCO)c(C)c3)CN(c3ccccc3)c3ccccc32)cc(C)c1OCCO. The quantitative estimate of drug-likeness (QED) is 0.276. The highest BCUT2D eigenvalue weighted by Crippen LogP contribution is 2.53. The molecule has 5 rings (SSSR count). The minimum absolute atomic E-state index is 0.0206. The minimum atomic E-state index is -0.456. The van der Waals surface area contributed by atoms with E-state index in [1.54, 1.807) is 0 Å². The standard InChI is InChI=1S/C34H37NO4/c1-23-18-27(19-24(2)32(23)38-16-14-36)34(28-20-25(3)33(26(4)21-28)39-17-15-37)22-35(29-10-6-5-7-11-29)31-13-9-8-12-30(31)34/h5-13,18-21,36-37H,14-17,22H2,1-4H3. The summed E-state index contributed by atoms with van der Waals surface area (Å²) in [7, 11) is 0. The van der Waals surface area contributed by atoms with Crippen molar-refractivity contribution in [2.75, 3.05) is 37.9 Å². The van der Waals surface area contributed by atoms with Crippen LogP contribution in [0.15, 0.2) is 78.9 Å². The summed E-state index contributed by atoms with van der Waals surface area (Å²) in [6.07, 6.45) is 0. The second-order valence-corrected chi connectivity index (χ2v) is 10.4. The van der Waals surface area contributed by atoms with Gasteiger partial charge in [-0.2, -0.15) is 0 Å². The lowest BCUT2D eigenvalue weighted by molar-refractivity contribution is 0.200. The maximum absolute atomic E-state index is 9.35. The fraction of sp³-hybridized carbons (Fsp3) is 0.294. The highest BCUT2D eigenvalue weighted by Gasteiger charge is 2.46. The molecule has 0 spiro atoms. The van der Waals surface area contributed by atoms with E-state index in [0.717, 1.165) is 46.0 Å². The zero-order valence-electron chi connectivity index (χ0n) is 23.2. The largest absolute Gasteiger partial charge is 0.491 e. The number of hydrogen-bond donors (Lipinski definition) is 2. The van der Waals surface area contributed by atoms with Gasteiger partial charge in [-0.3, -0.25) is 0 Å². The molecular formula is C34H37NO4. The zero-order valence-corrected chi connectivity index (χ0v) is 23.2. The van der Waals surface area contributed by atoms with Crippen LogP contribution < -0.4 is 14.4 Å². The smallest absolute Gasteiger partial charge is 0.125 e. The van der Waals surface area contributed by atoms with E-state index in [9.17, 15) is 10.2 Å². The second-order valence-electron chi connectivity index (χ2n) is 10.4. The summed E-state index contributed by atoms with van der Waals surface area (Å²) in [5.41, 5.74) is 9.71. The molecule has 4 aromatic rings. The molecule has 39 heavy (non-hydrogen) atoms. The van der Waals surface area contributed by atoms with Crippen molar-refractivity contribution in [3.05, 3.63) is 118 Å². The number of anilines is 2. The summed E-state index contributed by atoms with van der Waals surface area (Å²) in [6, 6.07) is 28.2. The molecule has 0 unspecified atom stereocenters. The number of fused-ring (bicyclic) bond motifs is 1. The van der Waals surface area contributed by atoms with Crippen LogP contribution in [0.4, 0.5) is 11.4 Å². The third kappa shape index (κ3) is 4.77. The molecule has 1 aliphatic heterocycles. The number of hydrogen-bond acceptors (Lipinski definition) is 5. The van der Waals surface area contributed by atoms with Gasteiger partial charge in [0.15, 0.2) is 0 Å². The summed E-state index contributed by atoms with van der Waals surface area (Å²) >= 11 is 0. The summed E-state index contributed by atoms with van der Waals surface area (Å²) in [4.78, 5) is 2.41. The fourth-order valence-corrected chi connectivity index (χ4v) is 6.12. The normalized spacial score (nSPS) is 13.8. The van der Waals surface area contributed by atoms with Gasteiger partial charge in [0.1, 0.15) is 24.7 Å². The van der Waals surface area contributed by atoms with Gasteiger partial charge >= 0.3 is 0 Å². The van der Waals surface area contributed by atoms with E-state index in [2.05, 4.69) is 105 Å². The third-order valence-electron chi connectivity index (χ3n) is 7.70. The Labute approximate surface area is 231 Å². The van der Waals surface area contributed by atoms with Crippen LogP contribution in [0.5, 0.6) is 11.5 Å². The zero-order chi connectivity index (χ0) is 27.6. The number of aliphatic hydroxyl groups is 2. The summed E-state index contributed by atoms with van der Waals surface area (Å²) < 4.78 is 11.9. The van der Waals surface area contributed by atoms with Crippen LogP contribution in [0.1, 0.15) is 38.9 Å². The van der Waals surface area contributed by atoms with Crippen LogP contribution in [-0.4, -0.2) is 43.2 Å². The Balaban J connectivity index is 1.77. The third-order valence-corrected chi connectivity index (χ3v) is 7.70. The van der Waals surface area contributed by atoms with Crippen molar-refractivity contribution in [3.8, 4) is 11.5 Å². The molecule has 1 heterocycles. The van der Waals surface area contributed by atoms with Gasteiger partial charge < -0.3 is 24.6 Å². The number of para-hydroxylation sites is 2. The molecule has 0 atom stereocenters. The highest BCUT2D eigenvalue weighted by molar-refractivity contribution is 5.78. The van der Waals surface area contributed by atoms with Gasteiger partial charge in [0.05, 0.1) is 18.6 Å². The van der Waals surface area contributed by atoms with Crippen LogP contribution in [-0.2, 0) is 5.41 Å². The van der Waals surface area contributed by atoms with Crippen LogP contribution in [0.3, 0.4) is 0 Å². The van der Waals surface area contributed by atoms with E-state index < -0.39 is 5.41 Å². The molecule has 5 heteroatoms. The van der Waals surface area contributed by atoms with E-state index >= 15 is 0 Å². The highest BCUT2D eigenvalue weighted by atomic mass is 16.5. The monoisotopic (exact) mass is 523 g/mol. The Morgan fingerprint density at radius 2 is 1.13 bits per heavy atom. The molecule has 1 aliphatic rings. The second kappa shape index (κ2) is 11.1. The minimum Gasteiger partial charge on any atom is -0.491 e. The van der Waals surface area contributed by atoms with Crippen molar-refractivity contribution in [3.63, 3.8) is 0 Å². The average Bonchev–Trinajstić information content (AvgIpc) is 3.29. The Morgan fingerprint density at radius 3 is 1.62 bits per heavy atom. The summed E-state index contributed by atoms with van der Waals surface area (Å²) in [5.74, 6) is 1.66. The lowest BCUT2D eigenvalue weighted by Crippen LogP contribution is -2.34. The van der Waals surface area contributed by atoms with Crippen LogP contribution in [0.2, 0.25) is 0 Å². The number of rotatable bonds is 9. The summed E-state index contributed by atoms with van der Waals surface area (Å²) in [5, 5.41) is 18.7. The van der Waals surface area contributed by atoms with E-state index in [0.29, 0.717) is 0 Å². The molecule has 0 aromatic heterocycles. The van der Waals surface area contributed by atoms with Crippen molar-refractivity contribution in [2.24, 2.45) is 0 Å². The molecule has 202 valence electrons. The van der Waals surface area contributed by atoms with E-state index in [-0.39, 0.29) is 26.4 Å². The average molecular weight is 524 g/mol. The number of aliphatic hydroxyl groups excluding tert-OH is 2. The maximum atomic E-state index is 9.35. The van der Waals surface area contributed by atoms with Gasteiger partial charge in [-0.05, 0) is 84.8 Å². The Hall–Kier alpha value is -3.80. The van der Waals surface area contributed by atoms with Gasteiger partial charge in [-0.25, -0.2) is 0 Å². The first kappa shape index (κ1) is 26.8. The molecule has 0 radical (unpaired) electrons. The van der Waals surface area contributed by atoms with Crippen molar-refractivity contribution >= 4 is 11.4 Å². The molecule has 2 N–H and O–H groups in total. The van der Waals surface area contributed by atoms with Gasteiger partial charge in [0.25, 0.3) is 0 Å². The van der Waals surface area contributed by atoms with Crippen molar-refractivity contribution in [2.45, 2.75) is 33.1 Å². The number of nitrogens with zero attached hydrogens (tertiary/aromatic N) is 1. The van der Waals surface area contributed by atoms with Gasteiger partial charge in [-0.15, -0.1) is 0 Å². The van der Waals surface area contributed by atoms with Crippen LogP contribution in [0, 0.1) is 27.7 Å². The van der Waals surface area contributed by atoms with Crippen molar-refractivity contribution in [1.82, 2.24) is 0 Å². The van der Waals surface area contributed by atoms with Crippen molar-refractivity contribution in [1.29, 1.82) is 0 Å². The van der Waals surface area contributed by atoms with Crippen LogP contribution in [0.25, 0.3) is 0 Å². The molecular weight excluding hydrogens is 486 g/mol. The van der Waals surface area contributed by atoms with Gasteiger partial charge in [-0.1, -0.05) is 60.7 Å². The number of ether oxygens (including phenoxy) is 2. The topological polar surface area (TPSA) is 62.2 Å². The number of benzene rings is 4. The summed E-state index contributed by atoms with van der Waals surface area (Å²) in [6.45, 7) is 9.55. The van der Waals surface area contributed by atoms with Gasteiger partial charge in [0, 0.05) is 17.9 Å². The van der Waals surface area contributed by atoms with E-state index in [1.165, 1.54) is 22.4 Å². The first-order valence-electron chi connectivity index (χ1n) is 13.5. The molecule has 0 saturated heterocycles. The maximum Gasteiger partial charge on any atom is 0.125 e. The lowest BCUT2D eigenvalue weighted by atomic mass is 9.69. The molecule has 0 amide bonds. The Kier molecular flexibility index (Phi) is 7.65. The van der Waals surface area contributed by atoms with Gasteiger partial charge in [0.2, 0.25) is 0 Å². The van der Waals surface area contributed by atoms with E-state index in [1.807, 2.05) is 6.07 Å². The predicted octanol–water partition coefficient (Wildman–Crippen LogP) is 6.15. The van der Waals surface area contributed by atoms with Crippen molar-refractivity contribution < 1.29 is 19.7 Å². The van der Waals surface area contributed by atoms with Crippen LogP contribution >= 0.6 is 0 Å². The Morgan fingerprint density at radius 1 is 0.667 bits per heavy atom. The molecule has 5 nitrogen and oxygen atoms in total. The lowest BCUT2D eigenvalue weighted by Gasteiger charge is -2.34. The molecule has 0 saturated carbocycles. The molecule has 0 bridgehead atoms. The first-order chi connectivity index (χ1) is 18.9. The molecule has 0 fully saturated rings. The molecule has 4 aromatic carbocycles. The number of aryl methyl sites for hydroxylation is 4. The fourth-order valence-electron chi connectivity index (χ4n) is 6.12. The predicted molar refractivity (Wildman–Crippen MR) is 157 cm³/mol. The van der Waals surface area contributed by atoms with E-state index in [4.69, 9.17) is 9.47 Å². The first-order valence-corrected chi connectivity index (χ1v) is 13.5. The molecule has 0 aliphatic carbocycles. The Bertz CT molecular complexity index is 1350.